The lowest BCUT2D eigenvalue weighted by atomic mass is 9.82. The van der Waals surface area contributed by atoms with Gasteiger partial charge in [-0.05, 0) is 125 Å². The zero-order valence-electron chi connectivity index (χ0n) is 51.9. The molecular formula is C84H76N6. The van der Waals surface area contributed by atoms with Crippen LogP contribution in [-0.4, -0.2) is 17.5 Å². The van der Waals surface area contributed by atoms with Crippen molar-refractivity contribution in [2.75, 3.05) is 0 Å². The summed E-state index contributed by atoms with van der Waals surface area (Å²) in [5.74, 6) is 1.18. The van der Waals surface area contributed by atoms with Crippen molar-refractivity contribution in [2.45, 2.75) is 58.5 Å². The van der Waals surface area contributed by atoms with Crippen LogP contribution in [0.3, 0.4) is 0 Å². The van der Waals surface area contributed by atoms with Crippen molar-refractivity contribution in [1.82, 2.24) is 0 Å². The van der Waals surface area contributed by atoms with Crippen LogP contribution in [0.4, 0.5) is 0 Å². The molecule has 2 aliphatic rings. The van der Waals surface area contributed by atoms with Crippen molar-refractivity contribution >= 4 is 17.5 Å². The summed E-state index contributed by atoms with van der Waals surface area (Å²) in [6.07, 6.45) is 0. The second-order valence-electron chi connectivity index (χ2n) is 23.9. The van der Waals surface area contributed by atoms with Gasteiger partial charge in [0.2, 0.25) is 0 Å². The summed E-state index contributed by atoms with van der Waals surface area (Å²) in [5.41, 5.74) is 44.4. The summed E-state index contributed by atoms with van der Waals surface area (Å²) >= 11 is 0. The third-order valence-electron chi connectivity index (χ3n) is 17.2. The molecule has 0 bridgehead atoms. The first-order valence-corrected chi connectivity index (χ1v) is 30.7. The van der Waals surface area contributed by atoms with Crippen molar-refractivity contribution in [2.24, 2.45) is 27.2 Å². The van der Waals surface area contributed by atoms with Gasteiger partial charge in [-0.3, -0.25) is 10.4 Å². The van der Waals surface area contributed by atoms with Crippen LogP contribution < -0.4 is 17.2 Å². The SMILES string of the molecule is CC1(C)c2ccccc2-c2cc(-c3ccc(-c4ccc(CN)cc4)cc3)ccc21.CC1(C)c2ccccc2-c2cc(-c3cccc(-c4ccc(C(N)=NC(=NCc5ccccc5)c5ccccc5)cc4)c3)ccc21.Cc1ccccc1.N=C(N)c1ccccc1. The van der Waals surface area contributed by atoms with E-state index in [4.69, 9.17) is 32.6 Å². The van der Waals surface area contributed by atoms with E-state index in [1.54, 1.807) is 0 Å². The predicted octanol–water partition coefficient (Wildman–Crippen LogP) is 19.4. The second-order valence-corrected chi connectivity index (χ2v) is 23.9. The lowest BCUT2D eigenvalue weighted by Gasteiger charge is -2.21. The average Bonchev–Trinajstić information content (AvgIpc) is 1.62. The molecule has 0 radical (unpaired) electrons. The fourth-order valence-corrected chi connectivity index (χ4v) is 12.1. The van der Waals surface area contributed by atoms with Crippen molar-refractivity contribution in [3.8, 4) is 66.8 Å². The van der Waals surface area contributed by atoms with Crippen LogP contribution in [-0.2, 0) is 23.9 Å². The van der Waals surface area contributed by atoms with Crippen LogP contribution in [0.15, 0.2) is 313 Å². The quantitative estimate of drug-likeness (QED) is 0.0805. The number of aliphatic imine (C=N–C) groups is 2. The molecule has 0 unspecified atom stereocenters. The highest BCUT2D eigenvalue weighted by atomic mass is 15.0. The molecular weight excluding hydrogens is 1090 g/mol. The van der Waals surface area contributed by atoms with Crippen molar-refractivity contribution < 1.29 is 0 Å². The number of fused-ring (bicyclic) bond motifs is 6. The van der Waals surface area contributed by atoms with Gasteiger partial charge in [-0.15, -0.1) is 0 Å². The van der Waals surface area contributed by atoms with Gasteiger partial charge in [0.15, 0.2) is 5.84 Å². The number of nitrogen functional groups attached to an aromatic ring is 1. The summed E-state index contributed by atoms with van der Waals surface area (Å²) in [5, 5.41) is 7.01. The maximum absolute atomic E-state index is 7.01. The monoisotopic (exact) mass is 1170 g/mol. The average molecular weight is 1170 g/mol. The van der Waals surface area contributed by atoms with Gasteiger partial charge >= 0.3 is 0 Å². The Bertz CT molecular complexity index is 4470. The van der Waals surface area contributed by atoms with E-state index in [2.05, 4.69) is 229 Å². The molecule has 0 heterocycles. The fourth-order valence-electron chi connectivity index (χ4n) is 12.1. The zero-order chi connectivity index (χ0) is 62.6. The standard InChI is InChI=1S/C42H35N3.C28H25N.C7H8N2.C7H8/c1-42(2)38-19-10-9-18-36(38)37-27-35(24-25-39(37)42)34-17-11-16-33(26-34)30-20-22-31(23-21-30)40(43)45-41(32-14-7-4-8-15-32)44-28-29-12-5-3-6-13-29;1-28(2)26-6-4-3-5-24(26)25-17-23(15-16-27(25)28)22-13-11-21(12-14-22)20-9-7-19(18-29)8-10-20;8-7(9)6-4-2-1-3-5-6;1-7-5-3-2-4-6-7/h3-27H,28H2,1-2H3,(H2,43,44,45);3-17H,18,29H2,1-2H3;1-5H,(H3,8,9);2-6H,1H3. The van der Waals surface area contributed by atoms with E-state index in [9.17, 15) is 0 Å². The Kier molecular flexibility index (Phi) is 18.6. The molecule has 7 N–H and O–H groups in total. The molecule has 6 heteroatoms. The Labute approximate surface area is 531 Å². The van der Waals surface area contributed by atoms with Crippen LogP contribution in [0, 0.1) is 12.3 Å². The number of aryl methyl sites for hydroxylation is 1. The smallest absolute Gasteiger partial charge is 0.157 e. The highest BCUT2D eigenvalue weighted by Crippen LogP contribution is 2.51. The second kappa shape index (κ2) is 27.5. The van der Waals surface area contributed by atoms with E-state index in [1.807, 2.05) is 109 Å². The van der Waals surface area contributed by atoms with Crippen LogP contribution >= 0.6 is 0 Å². The largest absolute Gasteiger partial charge is 0.384 e. The molecule has 14 rings (SSSR count). The van der Waals surface area contributed by atoms with E-state index in [-0.39, 0.29) is 16.7 Å². The summed E-state index contributed by atoms with van der Waals surface area (Å²) in [4.78, 5) is 9.61. The third-order valence-corrected chi connectivity index (χ3v) is 17.2. The Morgan fingerprint density at radius 1 is 0.344 bits per heavy atom. The third kappa shape index (κ3) is 13.8. The summed E-state index contributed by atoms with van der Waals surface area (Å²) in [6.45, 7) is 12.5. The molecule has 12 aromatic rings. The van der Waals surface area contributed by atoms with Gasteiger partial charge in [-0.25, -0.2) is 4.99 Å². The van der Waals surface area contributed by atoms with E-state index < -0.39 is 0 Å². The number of nitrogens with one attached hydrogen (secondary N) is 1. The highest BCUT2D eigenvalue weighted by Gasteiger charge is 2.36. The molecule has 0 aromatic heterocycles. The van der Waals surface area contributed by atoms with Gasteiger partial charge in [0, 0.05) is 34.1 Å². The van der Waals surface area contributed by atoms with Crippen LogP contribution in [0.5, 0.6) is 0 Å². The number of nitrogens with two attached hydrogens (primary N) is 3. The van der Waals surface area contributed by atoms with Gasteiger partial charge in [-0.2, -0.15) is 0 Å². The lowest BCUT2D eigenvalue weighted by molar-refractivity contribution is 0.660. The zero-order valence-corrected chi connectivity index (χ0v) is 51.9. The van der Waals surface area contributed by atoms with Gasteiger partial charge in [0.25, 0.3) is 0 Å². The number of nitrogens with zero attached hydrogens (tertiary/aromatic N) is 2. The minimum atomic E-state index is 0.00874. The molecule has 0 saturated carbocycles. The Morgan fingerprint density at radius 2 is 0.722 bits per heavy atom. The number of hydrogen-bond acceptors (Lipinski definition) is 3. The van der Waals surface area contributed by atoms with Crippen molar-refractivity contribution in [3.63, 3.8) is 0 Å². The highest BCUT2D eigenvalue weighted by molar-refractivity contribution is 6.11. The van der Waals surface area contributed by atoms with Gasteiger partial charge in [0.1, 0.15) is 11.7 Å². The first-order chi connectivity index (χ1) is 43.7. The van der Waals surface area contributed by atoms with Crippen LogP contribution in [0.1, 0.15) is 83.3 Å². The molecule has 2 aliphatic carbocycles. The molecule has 12 aromatic carbocycles. The number of benzene rings is 12. The first kappa shape index (κ1) is 60.9. The molecule has 0 aliphatic heterocycles. The minimum Gasteiger partial charge on any atom is -0.384 e. The van der Waals surface area contributed by atoms with E-state index in [0.29, 0.717) is 24.8 Å². The van der Waals surface area contributed by atoms with E-state index >= 15 is 0 Å². The molecule has 0 atom stereocenters. The van der Waals surface area contributed by atoms with E-state index in [0.717, 1.165) is 38.9 Å². The topological polar surface area (TPSA) is 127 Å². The maximum atomic E-state index is 7.01. The first-order valence-electron chi connectivity index (χ1n) is 30.7. The summed E-state index contributed by atoms with van der Waals surface area (Å²) in [7, 11) is 0. The Hall–Kier alpha value is -10.8. The molecule has 0 fully saturated rings. The van der Waals surface area contributed by atoms with Crippen molar-refractivity contribution in [3.05, 3.63) is 359 Å². The minimum absolute atomic E-state index is 0.00874. The normalized spacial score (nSPS) is 12.9. The molecule has 6 nitrogen and oxygen atoms in total. The molecule has 0 amide bonds. The number of hydrogen-bond donors (Lipinski definition) is 4. The Morgan fingerprint density at radius 3 is 1.19 bits per heavy atom. The summed E-state index contributed by atoms with van der Waals surface area (Å²) in [6, 6.07) is 105. The predicted molar refractivity (Wildman–Crippen MR) is 380 cm³/mol. The van der Waals surface area contributed by atoms with E-state index in [1.165, 1.54) is 83.5 Å². The molecule has 0 saturated heterocycles. The van der Waals surface area contributed by atoms with Crippen LogP contribution in [0.2, 0.25) is 0 Å². The maximum Gasteiger partial charge on any atom is 0.157 e. The molecule has 90 heavy (non-hydrogen) atoms. The van der Waals surface area contributed by atoms with Crippen molar-refractivity contribution in [1.29, 1.82) is 5.41 Å². The fraction of sp³-hybridized carbons (Fsp3) is 0.107. The molecule has 442 valence electrons. The lowest BCUT2D eigenvalue weighted by Crippen LogP contribution is -2.16. The van der Waals surface area contributed by atoms with Gasteiger partial charge < -0.3 is 17.2 Å². The van der Waals surface area contributed by atoms with Gasteiger partial charge in [0.05, 0.1) is 6.54 Å². The number of amidine groups is 3. The number of rotatable bonds is 10. The summed E-state index contributed by atoms with van der Waals surface area (Å²) < 4.78 is 0. The Balaban J connectivity index is 0.000000156. The molecule has 0 spiro atoms. The van der Waals surface area contributed by atoms with Gasteiger partial charge in [-0.1, -0.05) is 318 Å². The van der Waals surface area contributed by atoms with Crippen LogP contribution in [0.25, 0.3) is 66.8 Å².